The molecule has 0 saturated carbocycles. The van der Waals surface area contributed by atoms with Crippen molar-refractivity contribution in [3.8, 4) is 5.75 Å². The minimum absolute atomic E-state index is 0.0837. The molecule has 0 spiro atoms. The highest BCUT2D eigenvalue weighted by Gasteiger charge is 2.32. The average Bonchev–Trinajstić information content (AvgIpc) is 2.61. The highest BCUT2D eigenvalue weighted by atomic mass is 16.5. The zero-order valence-electron chi connectivity index (χ0n) is 13.1. The van der Waals surface area contributed by atoms with E-state index in [1.54, 1.807) is 0 Å². The van der Waals surface area contributed by atoms with Crippen molar-refractivity contribution < 1.29 is 14.3 Å². The van der Waals surface area contributed by atoms with E-state index >= 15 is 0 Å². The Hall–Kier alpha value is -2.82. The van der Waals surface area contributed by atoms with Gasteiger partial charge in [-0.25, -0.2) is 0 Å². The van der Waals surface area contributed by atoms with Crippen molar-refractivity contribution in [3.05, 3.63) is 59.7 Å². The largest absolute Gasteiger partial charge is 0.493 e. The molecule has 2 aromatic rings. The predicted molar refractivity (Wildman–Crippen MR) is 89.9 cm³/mol. The molecule has 2 N–H and O–H groups in total. The van der Waals surface area contributed by atoms with Gasteiger partial charge in [0.15, 0.2) is 0 Å². The second-order valence-electron chi connectivity index (χ2n) is 6.13. The minimum atomic E-state index is -0.454. The molecule has 2 unspecified atom stereocenters. The van der Waals surface area contributed by atoms with E-state index in [1.165, 1.54) is 0 Å². The van der Waals surface area contributed by atoms with Gasteiger partial charge in [0.2, 0.25) is 11.8 Å². The van der Waals surface area contributed by atoms with Crippen molar-refractivity contribution >= 4 is 17.5 Å². The average molecular weight is 322 g/mol. The number of fused-ring (bicyclic) bond motifs is 2. The van der Waals surface area contributed by atoms with Gasteiger partial charge in [-0.15, -0.1) is 0 Å². The summed E-state index contributed by atoms with van der Waals surface area (Å²) in [4.78, 5) is 24.8. The van der Waals surface area contributed by atoms with Crippen LogP contribution in [0.4, 0.5) is 5.69 Å². The van der Waals surface area contributed by atoms with Crippen LogP contribution in [0.1, 0.15) is 35.9 Å². The predicted octanol–water partition coefficient (Wildman–Crippen LogP) is 2.75. The molecule has 5 nitrogen and oxygen atoms in total. The smallest absolute Gasteiger partial charge is 0.228 e. The molecule has 0 aliphatic carbocycles. The van der Waals surface area contributed by atoms with Gasteiger partial charge in [-0.05, 0) is 17.7 Å². The lowest BCUT2D eigenvalue weighted by atomic mass is 9.89. The van der Waals surface area contributed by atoms with Crippen molar-refractivity contribution in [3.63, 3.8) is 0 Å². The van der Waals surface area contributed by atoms with Crippen LogP contribution in [0.25, 0.3) is 0 Å². The third-order valence-electron chi connectivity index (χ3n) is 4.59. The molecule has 4 rings (SSSR count). The molecule has 0 fully saturated rings. The lowest BCUT2D eigenvalue weighted by Gasteiger charge is -2.30. The van der Waals surface area contributed by atoms with Crippen LogP contribution in [0.2, 0.25) is 0 Å². The van der Waals surface area contributed by atoms with E-state index in [2.05, 4.69) is 10.6 Å². The van der Waals surface area contributed by atoms with Gasteiger partial charge in [-0.3, -0.25) is 9.59 Å². The van der Waals surface area contributed by atoms with E-state index in [0.717, 1.165) is 29.0 Å². The van der Waals surface area contributed by atoms with Crippen LogP contribution in [-0.2, 0) is 9.59 Å². The first kappa shape index (κ1) is 14.8. The number of para-hydroxylation sites is 2. The molecule has 2 aliphatic heterocycles. The molecule has 2 amide bonds. The molecule has 24 heavy (non-hydrogen) atoms. The summed E-state index contributed by atoms with van der Waals surface area (Å²) in [7, 11) is 0. The maximum atomic E-state index is 12.9. The molecule has 2 atom stereocenters. The second kappa shape index (κ2) is 6.00. The van der Waals surface area contributed by atoms with Crippen LogP contribution >= 0.6 is 0 Å². The first-order valence-electron chi connectivity index (χ1n) is 8.13. The lowest BCUT2D eigenvalue weighted by molar-refractivity contribution is -0.127. The first-order chi connectivity index (χ1) is 11.7. The van der Waals surface area contributed by atoms with Crippen LogP contribution in [0.5, 0.6) is 5.75 Å². The molecule has 2 aromatic carbocycles. The third kappa shape index (κ3) is 2.62. The minimum Gasteiger partial charge on any atom is -0.493 e. The number of hydrogen-bond donors (Lipinski definition) is 2. The highest BCUT2D eigenvalue weighted by molar-refractivity contribution is 6.01. The second-order valence-corrected chi connectivity index (χ2v) is 6.13. The fourth-order valence-electron chi connectivity index (χ4n) is 3.41. The van der Waals surface area contributed by atoms with E-state index in [-0.39, 0.29) is 24.3 Å². The van der Waals surface area contributed by atoms with E-state index < -0.39 is 5.92 Å². The third-order valence-corrected chi connectivity index (χ3v) is 4.59. The molecule has 0 bridgehead atoms. The van der Waals surface area contributed by atoms with Crippen molar-refractivity contribution in [2.75, 3.05) is 11.9 Å². The maximum Gasteiger partial charge on any atom is 0.228 e. The number of amides is 2. The number of nitrogens with one attached hydrogen (secondary N) is 2. The van der Waals surface area contributed by atoms with Crippen LogP contribution in [0.3, 0.4) is 0 Å². The Balaban J connectivity index is 1.59. The zero-order valence-corrected chi connectivity index (χ0v) is 13.1. The van der Waals surface area contributed by atoms with E-state index in [1.807, 2.05) is 48.5 Å². The fourth-order valence-corrected chi connectivity index (χ4v) is 3.41. The van der Waals surface area contributed by atoms with Crippen LogP contribution in [0.15, 0.2) is 48.5 Å². The Bertz CT molecular complexity index is 803. The van der Waals surface area contributed by atoms with Gasteiger partial charge in [0.05, 0.1) is 18.6 Å². The number of anilines is 1. The molecule has 0 radical (unpaired) electrons. The van der Waals surface area contributed by atoms with Crippen molar-refractivity contribution in [1.82, 2.24) is 5.32 Å². The number of rotatable bonds is 2. The maximum absolute atomic E-state index is 12.9. The summed E-state index contributed by atoms with van der Waals surface area (Å²) in [5.41, 5.74) is 2.59. The van der Waals surface area contributed by atoms with Crippen molar-refractivity contribution in [2.24, 2.45) is 0 Å². The monoisotopic (exact) mass is 322 g/mol. The standard InChI is InChI=1S/C19H18N2O3/c22-18-11-14(12-5-1-3-7-15(12)20-18)19(23)21-16-9-10-24-17-8-4-2-6-13(16)17/h1-8,14,16H,9-11H2,(H,20,22)(H,21,23). The van der Waals surface area contributed by atoms with E-state index in [9.17, 15) is 9.59 Å². The summed E-state index contributed by atoms with van der Waals surface area (Å²) < 4.78 is 5.64. The lowest BCUT2D eigenvalue weighted by Crippen LogP contribution is -2.38. The van der Waals surface area contributed by atoms with Crippen LogP contribution in [0, 0.1) is 0 Å². The Morgan fingerprint density at radius 2 is 1.83 bits per heavy atom. The molecule has 2 heterocycles. The van der Waals surface area contributed by atoms with E-state index in [0.29, 0.717) is 6.61 Å². The van der Waals surface area contributed by atoms with Gasteiger partial charge in [0, 0.05) is 24.1 Å². The van der Waals surface area contributed by atoms with Crippen LogP contribution < -0.4 is 15.4 Å². The molecular formula is C19H18N2O3. The first-order valence-corrected chi connectivity index (χ1v) is 8.13. The molecule has 0 saturated heterocycles. The fraction of sp³-hybridized carbons (Fsp3) is 0.263. The summed E-state index contributed by atoms with van der Waals surface area (Å²) in [5.74, 6) is 0.126. The van der Waals surface area contributed by atoms with Gasteiger partial charge in [-0.2, -0.15) is 0 Å². The van der Waals surface area contributed by atoms with Gasteiger partial charge < -0.3 is 15.4 Å². The number of benzene rings is 2. The molecule has 0 aromatic heterocycles. The Kier molecular flexibility index (Phi) is 3.69. The number of carbonyl (C=O) groups is 2. The Morgan fingerprint density at radius 3 is 2.71 bits per heavy atom. The highest BCUT2D eigenvalue weighted by Crippen LogP contribution is 2.35. The van der Waals surface area contributed by atoms with E-state index in [4.69, 9.17) is 4.74 Å². The Labute approximate surface area is 140 Å². The summed E-state index contributed by atoms with van der Waals surface area (Å²) in [5, 5.41) is 5.93. The number of ether oxygens (including phenoxy) is 1. The normalized spacial score (nSPS) is 21.8. The van der Waals surface area contributed by atoms with Crippen LogP contribution in [-0.4, -0.2) is 18.4 Å². The summed E-state index contributed by atoms with van der Waals surface area (Å²) in [6.07, 6.45) is 0.900. The summed E-state index contributed by atoms with van der Waals surface area (Å²) >= 11 is 0. The Morgan fingerprint density at radius 1 is 1.08 bits per heavy atom. The zero-order chi connectivity index (χ0) is 16.5. The van der Waals surface area contributed by atoms with Gasteiger partial charge in [0.1, 0.15) is 5.75 Å². The van der Waals surface area contributed by atoms with Gasteiger partial charge in [-0.1, -0.05) is 36.4 Å². The molecule has 5 heteroatoms. The molecule has 2 aliphatic rings. The molecular weight excluding hydrogens is 304 g/mol. The summed E-state index contributed by atoms with van der Waals surface area (Å²) in [6.45, 7) is 0.573. The van der Waals surface area contributed by atoms with Crippen molar-refractivity contribution in [2.45, 2.75) is 24.8 Å². The number of carbonyl (C=O) groups excluding carboxylic acids is 2. The van der Waals surface area contributed by atoms with Gasteiger partial charge >= 0.3 is 0 Å². The van der Waals surface area contributed by atoms with Gasteiger partial charge in [0.25, 0.3) is 0 Å². The SMILES string of the molecule is O=C1CC(C(=O)NC2CCOc3ccccc32)c2ccccc2N1. The number of hydrogen-bond acceptors (Lipinski definition) is 3. The molecule has 122 valence electrons. The van der Waals surface area contributed by atoms with Crippen molar-refractivity contribution in [1.29, 1.82) is 0 Å². The summed E-state index contributed by atoms with van der Waals surface area (Å²) in [6, 6.07) is 15.1. The topological polar surface area (TPSA) is 67.4 Å². The quantitative estimate of drug-likeness (QED) is 0.893.